The molecule has 0 bridgehead atoms. The SMILES string of the molecule is CNC(=O)[C@H](COCP(=O)(O)O)NC(=O)c1ccc(C(=O)O)c(-c2c3cc(F)c(=O)cc-3oc3cc(O)c(F)cc23)c1. The van der Waals surface area contributed by atoms with Crippen molar-refractivity contribution in [1.29, 1.82) is 0 Å². The van der Waals surface area contributed by atoms with Crippen LogP contribution in [0.15, 0.2) is 51.7 Å². The predicted octanol–water partition coefficient (Wildman–Crippen LogP) is 2.24. The molecule has 1 aliphatic carbocycles. The minimum Gasteiger partial charge on any atom is -0.505 e. The van der Waals surface area contributed by atoms with Crippen LogP contribution in [0.3, 0.4) is 0 Å². The number of benzene rings is 3. The fourth-order valence-electron chi connectivity index (χ4n) is 4.16. The summed E-state index contributed by atoms with van der Waals surface area (Å²) in [6.07, 6.45) is -1.03. The van der Waals surface area contributed by atoms with E-state index in [2.05, 4.69) is 10.6 Å². The van der Waals surface area contributed by atoms with Crippen molar-refractivity contribution in [2.45, 2.75) is 6.04 Å². The maximum Gasteiger partial charge on any atom is 0.350 e. The maximum atomic E-state index is 14.5. The number of carbonyl (C=O) groups is 3. The van der Waals surface area contributed by atoms with Gasteiger partial charge in [0.25, 0.3) is 5.91 Å². The standard InChI is InChI=1S/C26H21F2N2O11P/c1-29-25(34)18(9-40-10-42(37,38)39)30-24(33)11-2-3-12(26(35)36)13(4-11)23-14-5-16(27)19(31)7-21(14)41-22-8-20(32)17(28)6-15(22)23/h2-8,18,31H,9-10H2,1H3,(H,29,34)(H,30,33)(H,35,36)(H2,37,38,39)/t18-/m0/s1. The van der Waals surface area contributed by atoms with Crippen LogP contribution in [0.5, 0.6) is 5.75 Å². The Balaban J connectivity index is 1.89. The number of hydrogen-bond donors (Lipinski definition) is 6. The molecule has 0 radical (unpaired) electrons. The summed E-state index contributed by atoms with van der Waals surface area (Å²) in [7, 11) is -3.34. The molecule has 6 N–H and O–H groups in total. The van der Waals surface area contributed by atoms with Gasteiger partial charge >= 0.3 is 13.6 Å². The number of nitrogens with one attached hydrogen (secondary N) is 2. The van der Waals surface area contributed by atoms with E-state index < -0.39 is 72.8 Å². The Bertz CT molecular complexity index is 1820. The lowest BCUT2D eigenvalue weighted by atomic mass is 9.89. The van der Waals surface area contributed by atoms with Gasteiger partial charge in [0.2, 0.25) is 11.3 Å². The van der Waals surface area contributed by atoms with Gasteiger partial charge in [-0.15, -0.1) is 0 Å². The first-order chi connectivity index (χ1) is 19.7. The normalized spacial score (nSPS) is 12.3. The van der Waals surface area contributed by atoms with Crippen molar-refractivity contribution in [2.75, 3.05) is 20.0 Å². The maximum absolute atomic E-state index is 14.5. The number of carboxylic acid groups (broad SMARTS) is 1. The fourth-order valence-corrected chi connectivity index (χ4v) is 4.50. The van der Waals surface area contributed by atoms with Gasteiger partial charge in [-0.3, -0.25) is 18.9 Å². The largest absolute Gasteiger partial charge is 0.505 e. The molecule has 0 saturated heterocycles. The molecule has 2 aliphatic rings. The lowest BCUT2D eigenvalue weighted by Crippen LogP contribution is -2.48. The summed E-state index contributed by atoms with van der Waals surface area (Å²) >= 11 is 0. The molecular formula is C26H21F2N2O11P. The number of halogens is 2. The van der Waals surface area contributed by atoms with E-state index in [0.717, 1.165) is 42.5 Å². The summed E-state index contributed by atoms with van der Waals surface area (Å²) in [5.74, 6) is -6.64. The average molecular weight is 606 g/mol. The number of carboxylic acids is 1. The molecule has 2 aromatic rings. The predicted molar refractivity (Wildman–Crippen MR) is 141 cm³/mol. The summed E-state index contributed by atoms with van der Waals surface area (Å²) in [5.41, 5.74) is -2.46. The Morgan fingerprint density at radius 3 is 2.40 bits per heavy atom. The van der Waals surface area contributed by atoms with Crippen LogP contribution in [0.4, 0.5) is 8.78 Å². The van der Waals surface area contributed by atoms with E-state index in [1.54, 1.807) is 0 Å². The van der Waals surface area contributed by atoms with Crippen molar-refractivity contribution >= 4 is 36.3 Å². The molecular weight excluding hydrogens is 585 g/mol. The number of hydrogen-bond acceptors (Lipinski definition) is 8. The summed E-state index contributed by atoms with van der Waals surface area (Å²) in [6, 6.07) is 5.00. The van der Waals surface area contributed by atoms with Gasteiger partial charge in [0.1, 0.15) is 23.7 Å². The van der Waals surface area contributed by atoms with E-state index in [9.17, 15) is 42.7 Å². The molecule has 0 saturated carbocycles. The minimum absolute atomic E-state index is 0.134. The molecule has 4 rings (SSSR count). The van der Waals surface area contributed by atoms with Crippen molar-refractivity contribution in [3.05, 3.63) is 75.4 Å². The third kappa shape index (κ3) is 6.29. The van der Waals surface area contributed by atoms with Gasteiger partial charge in [-0.25, -0.2) is 13.6 Å². The van der Waals surface area contributed by atoms with Crippen molar-refractivity contribution in [2.24, 2.45) is 0 Å². The number of aromatic carboxylic acids is 1. The van der Waals surface area contributed by atoms with Crippen LogP contribution in [-0.4, -0.2) is 63.8 Å². The molecule has 2 aromatic carbocycles. The van der Waals surface area contributed by atoms with Crippen molar-refractivity contribution in [3.8, 4) is 28.2 Å². The second-order valence-electron chi connectivity index (χ2n) is 8.93. The molecule has 0 aromatic heterocycles. The fraction of sp³-hybridized carbons (Fsp3) is 0.154. The number of ether oxygens (including phenoxy) is 1. The monoisotopic (exact) mass is 606 g/mol. The molecule has 42 heavy (non-hydrogen) atoms. The summed E-state index contributed by atoms with van der Waals surface area (Å²) < 4.78 is 50.4. The Morgan fingerprint density at radius 2 is 1.76 bits per heavy atom. The molecule has 0 fully saturated rings. The number of rotatable bonds is 9. The molecule has 0 unspecified atom stereocenters. The van der Waals surface area contributed by atoms with Crippen LogP contribution in [0.25, 0.3) is 33.4 Å². The summed E-state index contributed by atoms with van der Waals surface area (Å²) in [6.45, 7) is -0.633. The molecule has 1 heterocycles. The van der Waals surface area contributed by atoms with E-state index in [1.807, 2.05) is 0 Å². The average Bonchev–Trinajstić information content (AvgIpc) is 2.91. The molecule has 1 atom stereocenters. The first kappa shape index (κ1) is 30.3. The van der Waals surface area contributed by atoms with Crippen LogP contribution in [0, 0.1) is 11.6 Å². The quantitative estimate of drug-likeness (QED) is 0.120. The van der Waals surface area contributed by atoms with E-state index in [1.165, 1.54) is 7.05 Å². The highest BCUT2D eigenvalue weighted by molar-refractivity contribution is 7.51. The second kappa shape index (κ2) is 11.7. The Hall–Kier alpha value is -4.69. The number of phenols is 1. The van der Waals surface area contributed by atoms with Crippen LogP contribution < -0.4 is 16.1 Å². The van der Waals surface area contributed by atoms with Gasteiger partial charge in [0.05, 0.1) is 12.2 Å². The van der Waals surface area contributed by atoms with Gasteiger partial charge < -0.3 is 39.8 Å². The van der Waals surface area contributed by atoms with E-state index >= 15 is 0 Å². The zero-order chi connectivity index (χ0) is 30.9. The Morgan fingerprint density at radius 1 is 1.05 bits per heavy atom. The first-order valence-corrected chi connectivity index (χ1v) is 13.6. The van der Waals surface area contributed by atoms with E-state index in [0.29, 0.717) is 0 Å². The van der Waals surface area contributed by atoms with Gasteiger partial charge in [-0.05, 0) is 35.9 Å². The van der Waals surface area contributed by atoms with E-state index in [4.69, 9.17) is 18.9 Å². The lowest BCUT2D eigenvalue weighted by Gasteiger charge is -2.19. The highest BCUT2D eigenvalue weighted by Gasteiger charge is 2.27. The van der Waals surface area contributed by atoms with Crippen LogP contribution >= 0.6 is 7.60 Å². The Labute approximate surface area is 233 Å². The molecule has 16 heteroatoms. The number of amides is 2. The molecule has 13 nitrogen and oxygen atoms in total. The number of likely N-dealkylation sites (N-methyl/N-ethyl adjacent to an activating group) is 1. The molecule has 1 aliphatic heterocycles. The molecule has 220 valence electrons. The Kier molecular flexibility index (Phi) is 8.40. The third-order valence-corrected chi connectivity index (χ3v) is 6.55. The smallest absolute Gasteiger partial charge is 0.350 e. The highest BCUT2D eigenvalue weighted by atomic mass is 31.2. The van der Waals surface area contributed by atoms with Crippen molar-refractivity contribution in [1.82, 2.24) is 10.6 Å². The minimum atomic E-state index is -4.58. The topological polar surface area (TPSA) is 213 Å². The highest BCUT2D eigenvalue weighted by Crippen LogP contribution is 2.43. The van der Waals surface area contributed by atoms with E-state index in [-0.39, 0.29) is 39.0 Å². The number of phenolic OH excluding ortho intramolecular Hbond substituents is 1. The third-order valence-electron chi connectivity index (χ3n) is 6.04. The van der Waals surface area contributed by atoms with Crippen molar-refractivity contribution < 1.29 is 56.9 Å². The zero-order valence-corrected chi connectivity index (χ0v) is 22.3. The number of fused-ring (bicyclic) bond motifs is 2. The molecule has 2 amide bonds. The zero-order valence-electron chi connectivity index (χ0n) is 21.4. The van der Waals surface area contributed by atoms with Gasteiger partial charge in [0.15, 0.2) is 17.4 Å². The van der Waals surface area contributed by atoms with Crippen LogP contribution in [-0.2, 0) is 14.1 Å². The number of aromatic hydroxyl groups is 1. The lowest BCUT2D eigenvalue weighted by molar-refractivity contribution is -0.123. The second-order valence-corrected chi connectivity index (χ2v) is 10.5. The van der Waals surface area contributed by atoms with Gasteiger partial charge in [-0.1, -0.05) is 0 Å². The summed E-state index contributed by atoms with van der Waals surface area (Å²) in [4.78, 5) is 67.6. The van der Waals surface area contributed by atoms with Gasteiger partial charge in [0, 0.05) is 41.3 Å². The van der Waals surface area contributed by atoms with Crippen LogP contribution in [0.2, 0.25) is 0 Å². The van der Waals surface area contributed by atoms with Crippen molar-refractivity contribution in [3.63, 3.8) is 0 Å². The first-order valence-electron chi connectivity index (χ1n) is 11.8. The van der Waals surface area contributed by atoms with Gasteiger partial charge in [-0.2, -0.15) is 0 Å². The number of carbonyl (C=O) groups excluding carboxylic acids is 2. The summed E-state index contributed by atoms with van der Waals surface area (Å²) in [5, 5.41) is 24.2. The molecule has 0 spiro atoms. The van der Waals surface area contributed by atoms with Crippen LogP contribution in [0.1, 0.15) is 20.7 Å².